The molecule has 0 spiro atoms. The number of carbonyl (C=O) groups excluding carboxylic acids is 1. The third kappa shape index (κ3) is 2.71. The number of Topliss-reactive ketones (excluding diaryl/α,β-unsaturated/α-hetero) is 1. The molecule has 0 bridgehead atoms. The molecule has 5 nitrogen and oxygen atoms in total. The van der Waals surface area contributed by atoms with Crippen molar-refractivity contribution in [3.8, 4) is 0 Å². The van der Waals surface area contributed by atoms with E-state index in [2.05, 4.69) is 47.1 Å². The molecule has 1 aliphatic rings. The highest BCUT2D eigenvalue weighted by atomic mass is 32.2. The van der Waals surface area contributed by atoms with Gasteiger partial charge >= 0.3 is 0 Å². The largest absolute Gasteiger partial charge is 0.294 e. The second-order valence-electron chi connectivity index (χ2n) is 6.12. The van der Waals surface area contributed by atoms with Gasteiger partial charge in [-0.25, -0.2) is 9.50 Å². The summed E-state index contributed by atoms with van der Waals surface area (Å²) < 4.78 is 1.63. The smallest absolute Gasteiger partial charge is 0.253 e. The Kier molecular flexibility index (Phi) is 3.84. The van der Waals surface area contributed by atoms with Crippen molar-refractivity contribution in [2.75, 3.05) is 5.75 Å². The van der Waals surface area contributed by atoms with Gasteiger partial charge in [0.1, 0.15) is 0 Å². The number of fused-ring (bicyclic) bond motifs is 2. The molecule has 1 aromatic carbocycles. The maximum absolute atomic E-state index is 12.6. The van der Waals surface area contributed by atoms with Crippen LogP contribution in [0.25, 0.3) is 5.78 Å². The Bertz CT molecular complexity index is 934. The first-order valence-electron chi connectivity index (χ1n) is 8.13. The molecule has 3 aromatic rings. The Morgan fingerprint density at radius 3 is 2.96 bits per heavy atom. The zero-order valence-electron chi connectivity index (χ0n) is 13.7. The monoisotopic (exact) mass is 338 g/mol. The predicted molar refractivity (Wildman–Crippen MR) is 93.8 cm³/mol. The van der Waals surface area contributed by atoms with E-state index in [1.54, 1.807) is 22.5 Å². The fraction of sp³-hybridized carbons (Fsp3) is 0.333. The number of ketones is 1. The van der Waals surface area contributed by atoms with Gasteiger partial charge in [-0.15, -0.1) is 5.10 Å². The second-order valence-corrected chi connectivity index (χ2v) is 7.35. The number of carbonyl (C=O) groups is 1. The van der Waals surface area contributed by atoms with Crippen LogP contribution in [0.5, 0.6) is 0 Å². The minimum absolute atomic E-state index is 0.136. The van der Waals surface area contributed by atoms with Crippen molar-refractivity contribution in [2.45, 2.75) is 37.8 Å². The Balaban J connectivity index is 1.73. The summed E-state index contributed by atoms with van der Waals surface area (Å²) in [7, 11) is 0. The zero-order chi connectivity index (χ0) is 16.7. The normalized spacial score (nSPS) is 17.2. The topological polar surface area (TPSA) is 60.1 Å². The number of hydrogen-bond donors (Lipinski definition) is 0. The maximum Gasteiger partial charge on any atom is 0.253 e. The molecule has 2 aromatic heterocycles. The summed E-state index contributed by atoms with van der Waals surface area (Å²) in [6.07, 6.45) is 3.08. The number of thioether (sulfide) groups is 1. The molecular formula is C18H18N4OS. The molecular weight excluding hydrogens is 320 g/mol. The summed E-state index contributed by atoms with van der Waals surface area (Å²) in [5.41, 5.74) is 3.95. The van der Waals surface area contributed by atoms with Gasteiger partial charge in [-0.1, -0.05) is 48.5 Å². The zero-order valence-corrected chi connectivity index (χ0v) is 14.5. The van der Waals surface area contributed by atoms with Crippen LogP contribution in [-0.2, 0) is 6.42 Å². The molecule has 2 heterocycles. The fourth-order valence-electron chi connectivity index (χ4n) is 3.21. The predicted octanol–water partition coefficient (Wildman–Crippen LogP) is 3.46. The molecule has 0 N–H and O–H groups in total. The summed E-state index contributed by atoms with van der Waals surface area (Å²) in [6.45, 7) is 4.14. The molecule has 4 rings (SSSR count). The van der Waals surface area contributed by atoms with E-state index < -0.39 is 0 Å². The van der Waals surface area contributed by atoms with Gasteiger partial charge in [-0.05, 0) is 30.6 Å². The molecule has 0 aliphatic heterocycles. The van der Waals surface area contributed by atoms with Crippen LogP contribution in [-0.4, -0.2) is 31.1 Å². The molecule has 0 fully saturated rings. The minimum Gasteiger partial charge on any atom is -0.294 e. The van der Waals surface area contributed by atoms with Crippen LogP contribution in [0.1, 0.15) is 46.4 Å². The van der Waals surface area contributed by atoms with Crippen LogP contribution in [0.3, 0.4) is 0 Å². The summed E-state index contributed by atoms with van der Waals surface area (Å²) in [4.78, 5) is 21.7. The van der Waals surface area contributed by atoms with Crippen LogP contribution >= 0.6 is 11.8 Å². The number of aromatic nitrogens is 4. The van der Waals surface area contributed by atoms with E-state index in [1.165, 1.54) is 11.1 Å². The quantitative estimate of drug-likeness (QED) is 0.685. The van der Waals surface area contributed by atoms with Crippen molar-refractivity contribution in [1.82, 2.24) is 19.6 Å². The van der Waals surface area contributed by atoms with Gasteiger partial charge in [-0.3, -0.25) is 4.79 Å². The van der Waals surface area contributed by atoms with Gasteiger partial charge in [0.2, 0.25) is 5.16 Å². The van der Waals surface area contributed by atoms with E-state index >= 15 is 0 Å². The van der Waals surface area contributed by atoms with Gasteiger partial charge in [0.05, 0.1) is 11.3 Å². The Morgan fingerprint density at radius 2 is 2.17 bits per heavy atom. The standard InChI is InChI=1S/C18H18N4OS/c1-3-24-18-20-17-19-15-8-13(12-6-4-5-11(2)7-12)9-16(23)14(15)10-22(17)21-18/h4-7,10,13H,3,8-9H2,1-2H3/t13-/m0/s1. The molecule has 1 aliphatic carbocycles. The molecule has 0 amide bonds. The van der Waals surface area contributed by atoms with Crippen molar-refractivity contribution in [3.05, 3.63) is 52.8 Å². The summed E-state index contributed by atoms with van der Waals surface area (Å²) >= 11 is 1.58. The lowest BCUT2D eigenvalue weighted by Gasteiger charge is -2.23. The average molecular weight is 338 g/mol. The Morgan fingerprint density at radius 1 is 1.29 bits per heavy atom. The van der Waals surface area contributed by atoms with Crippen molar-refractivity contribution >= 4 is 23.3 Å². The summed E-state index contributed by atoms with van der Waals surface area (Å²) in [6, 6.07) is 8.39. The van der Waals surface area contributed by atoms with Crippen LogP contribution in [0.4, 0.5) is 0 Å². The highest BCUT2D eigenvalue weighted by Gasteiger charge is 2.28. The molecule has 0 radical (unpaired) electrons. The van der Waals surface area contributed by atoms with E-state index in [4.69, 9.17) is 0 Å². The summed E-state index contributed by atoms with van der Waals surface area (Å²) in [5, 5.41) is 5.09. The number of rotatable bonds is 3. The van der Waals surface area contributed by atoms with Crippen molar-refractivity contribution < 1.29 is 4.79 Å². The highest BCUT2D eigenvalue weighted by molar-refractivity contribution is 7.99. The van der Waals surface area contributed by atoms with E-state index in [1.807, 2.05) is 6.07 Å². The molecule has 122 valence electrons. The van der Waals surface area contributed by atoms with Crippen molar-refractivity contribution in [2.24, 2.45) is 0 Å². The molecule has 0 unspecified atom stereocenters. The van der Waals surface area contributed by atoms with Crippen LogP contribution in [0, 0.1) is 6.92 Å². The number of benzene rings is 1. The van der Waals surface area contributed by atoms with E-state index in [-0.39, 0.29) is 11.7 Å². The van der Waals surface area contributed by atoms with Crippen molar-refractivity contribution in [3.63, 3.8) is 0 Å². The van der Waals surface area contributed by atoms with Crippen LogP contribution < -0.4 is 0 Å². The van der Waals surface area contributed by atoms with Crippen molar-refractivity contribution in [1.29, 1.82) is 0 Å². The molecule has 1 atom stereocenters. The lowest BCUT2D eigenvalue weighted by molar-refractivity contribution is 0.0962. The van der Waals surface area contributed by atoms with Gasteiger partial charge in [0, 0.05) is 12.6 Å². The lowest BCUT2D eigenvalue weighted by Crippen LogP contribution is -2.21. The van der Waals surface area contributed by atoms with Crippen LogP contribution in [0.15, 0.2) is 35.6 Å². The third-order valence-corrected chi connectivity index (χ3v) is 5.07. The Labute approximate surface area is 144 Å². The number of nitrogens with zero attached hydrogens (tertiary/aromatic N) is 4. The average Bonchev–Trinajstić information content (AvgIpc) is 2.94. The van der Waals surface area contributed by atoms with Gasteiger partial charge in [-0.2, -0.15) is 4.98 Å². The number of aryl methyl sites for hydroxylation is 1. The minimum atomic E-state index is 0.136. The maximum atomic E-state index is 12.6. The molecule has 24 heavy (non-hydrogen) atoms. The van der Waals surface area contributed by atoms with E-state index in [0.717, 1.165) is 17.9 Å². The van der Waals surface area contributed by atoms with E-state index in [9.17, 15) is 4.79 Å². The first-order chi connectivity index (χ1) is 11.6. The molecule has 0 saturated carbocycles. The van der Waals surface area contributed by atoms with E-state index in [0.29, 0.717) is 22.9 Å². The highest BCUT2D eigenvalue weighted by Crippen LogP contribution is 2.32. The molecule has 6 heteroatoms. The lowest BCUT2D eigenvalue weighted by atomic mass is 9.82. The van der Waals surface area contributed by atoms with Crippen LogP contribution in [0.2, 0.25) is 0 Å². The third-order valence-electron chi connectivity index (χ3n) is 4.35. The summed E-state index contributed by atoms with van der Waals surface area (Å²) in [5.74, 6) is 1.80. The second kappa shape index (κ2) is 6.02. The van der Waals surface area contributed by atoms with Gasteiger partial charge < -0.3 is 0 Å². The molecule has 0 saturated heterocycles. The first-order valence-corrected chi connectivity index (χ1v) is 9.11. The Hall–Kier alpha value is -2.21. The SMILES string of the molecule is CCSc1nc2nc3c(cn2n1)C(=O)C[C@@H](c1cccc(C)c1)C3. The fourth-order valence-corrected chi connectivity index (χ4v) is 3.76. The van der Waals surface area contributed by atoms with Gasteiger partial charge in [0.15, 0.2) is 5.78 Å². The first kappa shape index (κ1) is 15.3. The number of hydrogen-bond acceptors (Lipinski definition) is 5. The van der Waals surface area contributed by atoms with Gasteiger partial charge in [0.25, 0.3) is 5.78 Å².